The Bertz CT molecular complexity index is 27.3. The van der Waals surface area contributed by atoms with E-state index in [0.717, 1.165) is 19.4 Å². The third-order valence-electron chi connectivity index (χ3n) is 0.790. The van der Waals surface area contributed by atoms with Crippen LogP contribution in [0.3, 0.4) is 0 Å². The summed E-state index contributed by atoms with van der Waals surface area (Å²) in [6, 6.07) is 0. The van der Waals surface area contributed by atoms with Gasteiger partial charge in [-0.25, -0.2) is 5.32 Å². The number of aliphatic hydroxyl groups is 1. The van der Waals surface area contributed by atoms with Crippen molar-refractivity contribution in [2.75, 3.05) is 20.2 Å². The Balaban J connectivity index is 2.45. The molecule has 0 bridgehead atoms. The largest absolute Gasteiger partial charge is 0.396 e. The van der Waals surface area contributed by atoms with Crippen molar-refractivity contribution >= 4 is 0 Å². The van der Waals surface area contributed by atoms with Crippen molar-refractivity contribution < 1.29 is 5.11 Å². The molecule has 0 aliphatic heterocycles. The van der Waals surface area contributed by atoms with Crippen LogP contribution < -0.4 is 5.32 Å². The van der Waals surface area contributed by atoms with Gasteiger partial charge in [0.05, 0.1) is 0 Å². The normalized spacial score (nSPS) is 9.43. The highest BCUT2D eigenvalue weighted by molar-refractivity contribution is 4.38. The molecule has 0 unspecified atom stereocenters. The number of hydrogen-bond acceptors (Lipinski definition) is 1. The Kier molecular flexibility index (Phi) is 5.85. The lowest BCUT2D eigenvalue weighted by Crippen LogP contribution is -1.99. The molecule has 0 aromatic carbocycles. The van der Waals surface area contributed by atoms with Gasteiger partial charge in [0.25, 0.3) is 0 Å². The summed E-state index contributed by atoms with van der Waals surface area (Å²) < 4.78 is 0. The van der Waals surface area contributed by atoms with Crippen LogP contribution in [0.4, 0.5) is 0 Å². The molecule has 0 amide bonds. The predicted octanol–water partition coefficient (Wildman–Crippen LogP) is -0.00690. The zero-order valence-electron chi connectivity index (χ0n) is 4.72. The third-order valence-corrected chi connectivity index (χ3v) is 0.790. The van der Waals surface area contributed by atoms with E-state index in [0.29, 0.717) is 6.61 Å². The lowest BCUT2D eigenvalue weighted by molar-refractivity contribution is 0.284. The van der Waals surface area contributed by atoms with E-state index < -0.39 is 0 Å². The van der Waals surface area contributed by atoms with E-state index in [2.05, 4.69) is 5.32 Å². The van der Waals surface area contributed by atoms with Crippen LogP contribution in [0.2, 0.25) is 0 Å². The second-order valence-electron chi connectivity index (χ2n) is 1.47. The van der Waals surface area contributed by atoms with E-state index in [1.807, 2.05) is 0 Å². The molecule has 0 aromatic rings. The SMILES string of the molecule is C[N]CCCCO. The fourth-order valence-corrected chi connectivity index (χ4v) is 0.382. The maximum Gasteiger partial charge on any atom is 0.0431 e. The Hall–Kier alpha value is -0.0800. The van der Waals surface area contributed by atoms with Gasteiger partial charge in [-0.05, 0) is 12.8 Å². The van der Waals surface area contributed by atoms with Crippen molar-refractivity contribution in [2.24, 2.45) is 0 Å². The first kappa shape index (κ1) is 6.92. The number of unbranched alkanes of at least 4 members (excludes halogenated alkanes) is 1. The van der Waals surface area contributed by atoms with Crippen LogP contribution in [0, 0.1) is 0 Å². The Morgan fingerprint density at radius 2 is 2.14 bits per heavy atom. The summed E-state index contributed by atoms with van der Waals surface area (Å²) in [5.74, 6) is 0. The minimum atomic E-state index is 0.301. The molecular weight excluding hydrogens is 90.1 g/mol. The van der Waals surface area contributed by atoms with Gasteiger partial charge >= 0.3 is 0 Å². The highest BCUT2D eigenvalue weighted by Gasteiger charge is 1.80. The van der Waals surface area contributed by atoms with E-state index in [9.17, 15) is 0 Å². The van der Waals surface area contributed by atoms with Gasteiger partial charge in [0.15, 0.2) is 0 Å². The van der Waals surface area contributed by atoms with Crippen LogP contribution >= 0.6 is 0 Å². The first-order valence-corrected chi connectivity index (χ1v) is 2.58. The standard InChI is InChI=1S/C5H12NO/c1-6-4-2-3-5-7/h7H,2-5H2,1H3. The van der Waals surface area contributed by atoms with Crippen molar-refractivity contribution in [1.29, 1.82) is 0 Å². The molecule has 0 saturated heterocycles. The highest BCUT2D eigenvalue weighted by atomic mass is 16.2. The van der Waals surface area contributed by atoms with E-state index in [1.165, 1.54) is 0 Å². The van der Waals surface area contributed by atoms with Gasteiger partial charge in [0, 0.05) is 20.2 Å². The fraction of sp³-hybridized carbons (Fsp3) is 1.00. The molecule has 0 heterocycles. The Morgan fingerprint density at radius 3 is 2.57 bits per heavy atom. The topological polar surface area (TPSA) is 34.3 Å². The van der Waals surface area contributed by atoms with Gasteiger partial charge in [0.2, 0.25) is 0 Å². The zero-order valence-corrected chi connectivity index (χ0v) is 4.72. The summed E-state index contributed by atoms with van der Waals surface area (Å²) in [6.45, 7) is 1.19. The van der Waals surface area contributed by atoms with Crippen molar-refractivity contribution in [1.82, 2.24) is 5.32 Å². The number of aliphatic hydroxyl groups excluding tert-OH is 1. The minimum Gasteiger partial charge on any atom is -0.396 e. The summed E-state index contributed by atoms with van der Waals surface area (Å²) in [7, 11) is 1.79. The molecule has 0 aliphatic carbocycles. The maximum atomic E-state index is 8.25. The van der Waals surface area contributed by atoms with Gasteiger partial charge in [-0.2, -0.15) is 0 Å². The van der Waals surface area contributed by atoms with Crippen LogP contribution in [0.1, 0.15) is 12.8 Å². The van der Waals surface area contributed by atoms with Crippen molar-refractivity contribution in [3.05, 3.63) is 0 Å². The lowest BCUT2D eigenvalue weighted by Gasteiger charge is -1.91. The third kappa shape index (κ3) is 5.92. The molecule has 0 saturated carbocycles. The second kappa shape index (κ2) is 5.92. The van der Waals surface area contributed by atoms with Gasteiger partial charge in [0.1, 0.15) is 0 Å². The summed E-state index contributed by atoms with van der Waals surface area (Å²) in [5, 5.41) is 12.1. The molecule has 0 aliphatic rings. The minimum absolute atomic E-state index is 0.301. The quantitative estimate of drug-likeness (QED) is 0.498. The molecule has 0 rings (SSSR count). The van der Waals surface area contributed by atoms with Gasteiger partial charge in [-0.1, -0.05) is 0 Å². The van der Waals surface area contributed by atoms with E-state index >= 15 is 0 Å². The average Bonchev–Trinajstić information content (AvgIpc) is 1.69. The zero-order chi connectivity index (χ0) is 5.54. The molecule has 0 atom stereocenters. The molecule has 0 fully saturated rings. The summed E-state index contributed by atoms with van der Waals surface area (Å²) in [5.41, 5.74) is 0. The van der Waals surface area contributed by atoms with E-state index in [4.69, 9.17) is 5.11 Å². The first-order valence-electron chi connectivity index (χ1n) is 2.58. The van der Waals surface area contributed by atoms with Gasteiger partial charge < -0.3 is 5.11 Å². The van der Waals surface area contributed by atoms with Crippen molar-refractivity contribution in [3.8, 4) is 0 Å². The fourth-order valence-electron chi connectivity index (χ4n) is 0.382. The van der Waals surface area contributed by atoms with Gasteiger partial charge in [-0.3, -0.25) is 0 Å². The molecule has 2 nitrogen and oxygen atoms in total. The molecule has 43 valence electrons. The van der Waals surface area contributed by atoms with Crippen LogP contribution in [0.5, 0.6) is 0 Å². The number of rotatable bonds is 4. The monoisotopic (exact) mass is 102 g/mol. The summed E-state index contributed by atoms with van der Waals surface area (Å²) >= 11 is 0. The molecule has 0 spiro atoms. The van der Waals surface area contributed by atoms with Crippen LogP contribution in [-0.2, 0) is 0 Å². The molecule has 0 aromatic heterocycles. The summed E-state index contributed by atoms with van der Waals surface area (Å²) in [4.78, 5) is 0. The maximum absolute atomic E-state index is 8.25. The number of hydrogen-bond donors (Lipinski definition) is 1. The van der Waals surface area contributed by atoms with E-state index in [-0.39, 0.29) is 0 Å². The highest BCUT2D eigenvalue weighted by Crippen LogP contribution is 1.81. The van der Waals surface area contributed by atoms with Gasteiger partial charge in [-0.15, -0.1) is 0 Å². The van der Waals surface area contributed by atoms with Crippen molar-refractivity contribution in [3.63, 3.8) is 0 Å². The van der Waals surface area contributed by atoms with Crippen LogP contribution in [-0.4, -0.2) is 25.3 Å². The molecule has 7 heavy (non-hydrogen) atoms. The molecule has 2 heteroatoms. The average molecular weight is 102 g/mol. The molecular formula is C5H12NO. The Morgan fingerprint density at radius 1 is 1.43 bits per heavy atom. The van der Waals surface area contributed by atoms with Crippen molar-refractivity contribution in [2.45, 2.75) is 12.8 Å². The molecule has 1 N–H and O–H groups in total. The number of nitrogens with zero attached hydrogens (tertiary/aromatic N) is 1. The summed E-state index contributed by atoms with van der Waals surface area (Å²) in [6.07, 6.45) is 1.91. The van der Waals surface area contributed by atoms with Crippen LogP contribution in [0.15, 0.2) is 0 Å². The Labute approximate surface area is 44.5 Å². The van der Waals surface area contributed by atoms with Crippen LogP contribution in [0.25, 0.3) is 0 Å². The smallest absolute Gasteiger partial charge is 0.0431 e. The second-order valence-corrected chi connectivity index (χ2v) is 1.47. The molecule has 1 radical (unpaired) electrons. The van der Waals surface area contributed by atoms with E-state index in [1.54, 1.807) is 7.05 Å². The predicted molar refractivity (Wildman–Crippen MR) is 29.2 cm³/mol. The lowest BCUT2D eigenvalue weighted by atomic mass is 10.3. The first-order chi connectivity index (χ1) is 3.41.